The number of pyridine rings is 1. The number of rotatable bonds is 1. The maximum atomic E-state index is 13.1. The van der Waals surface area contributed by atoms with Crippen LogP contribution in [0.2, 0.25) is 0 Å². The summed E-state index contributed by atoms with van der Waals surface area (Å²) in [5, 5.41) is 7.30. The van der Waals surface area contributed by atoms with Crippen molar-refractivity contribution < 1.29 is 9.59 Å². The van der Waals surface area contributed by atoms with Gasteiger partial charge in [-0.25, -0.2) is 0 Å². The van der Waals surface area contributed by atoms with E-state index in [1.165, 1.54) is 0 Å². The van der Waals surface area contributed by atoms with Gasteiger partial charge >= 0.3 is 0 Å². The number of hydrogen-bond donors (Lipinski definition) is 2. The lowest BCUT2D eigenvalue weighted by Gasteiger charge is -2.44. The van der Waals surface area contributed by atoms with Crippen molar-refractivity contribution in [1.29, 1.82) is 0 Å². The lowest BCUT2D eigenvalue weighted by Crippen LogP contribution is -2.59. The first-order valence-corrected chi connectivity index (χ1v) is 9.48. The zero-order valence-electron chi connectivity index (χ0n) is 15.3. The predicted molar refractivity (Wildman–Crippen MR) is 108 cm³/mol. The van der Waals surface area contributed by atoms with Crippen LogP contribution in [0, 0.1) is 0 Å². The number of carbonyl (C=O) groups excluding carboxylic acids is 2. The molecule has 0 radical (unpaired) electrons. The molecule has 0 unspecified atom stereocenters. The lowest BCUT2D eigenvalue weighted by atomic mass is 9.84. The Hall–Kier alpha value is -3.41. The SMILES string of the molecule is O=C(c1ccnc2ccccc12)N1CCC2(CC1)Nc1ccccc1NC2=O. The topological polar surface area (TPSA) is 74.3 Å². The molecule has 0 saturated carbocycles. The van der Waals surface area contributed by atoms with E-state index in [4.69, 9.17) is 0 Å². The second-order valence-electron chi connectivity index (χ2n) is 7.37. The Labute approximate surface area is 162 Å². The Bertz CT molecular complexity index is 1080. The molecule has 0 atom stereocenters. The summed E-state index contributed by atoms with van der Waals surface area (Å²) >= 11 is 0. The third-order valence-corrected chi connectivity index (χ3v) is 5.77. The summed E-state index contributed by atoms with van der Waals surface area (Å²) in [5.74, 6) is -0.0299. The van der Waals surface area contributed by atoms with Gasteiger partial charge in [0.25, 0.3) is 5.91 Å². The molecule has 0 bridgehead atoms. The van der Waals surface area contributed by atoms with Gasteiger partial charge in [0.15, 0.2) is 0 Å². The summed E-state index contributed by atoms with van der Waals surface area (Å²) in [7, 11) is 0. The number of nitrogens with one attached hydrogen (secondary N) is 2. The first-order valence-electron chi connectivity index (χ1n) is 9.48. The Balaban J connectivity index is 1.37. The number of likely N-dealkylation sites (tertiary alicyclic amines) is 1. The number of amides is 2. The van der Waals surface area contributed by atoms with Gasteiger partial charge in [-0.15, -0.1) is 0 Å². The molecule has 1 aromatic heterocycles. The zero-order chi connectivity index (χ0) is 19.1. The first-order chi connectivity index (χ1) is 13.7. The molecule has 2 amide bonds. The summed E-state index contributed by atoms with van der Waals surface area (Å²) in [6.07, 6.45) is 2.82. The van der Waals surface area contributed by atoms with E-state index in [-0.39, 0.29) is 11.8 Å². The molecular formula is C22H20N4O2. The van der Waals surface area contributed by atoms with Crippen molar-refractivity contribution in [2.45, 2.75) is 18.4 Å². The van der Waals surface area contributed by atoms with Crippen LogP contribution in [0.1, 0.15) is 23.2 Å². The quantitative estimate of drug-likeness (QED) is 0.688. The molecular weight excluding hydrogens is 352 g/mol. The second kappa shape index (κ2) is 6.34. The van der Waals surface area contributed by atoms with Gasteiger partial charge in [-0.2, -0.15) is 0 Å². The average molecular weight is 372 g/mol. The summed E-state index contributed by atoms with van der Waals surface area (Å²) in [4.78, 5) is 32.1. The van der Waals surface area contributed by atoms with Gasteiger partial charge in [0.1, 0.15) is 5.54 Å². The Morgan fingerprint density at radius 2 is 1.68 bits per heavy atom. The van der Waals surface area contributed by atoms with E-state index in [2.05, 4.69) is 15.6 Å². The van der Waals surface area contributed by atoms with Crippen LogP contribution in [0.3, 0.4) is 0 Å². The van der Waals surface area contributed by atoms with E-state index < -0.39 is 5.54 Å². The van der Waals surface area contributed by atoms with Crippen molar-refractivity contribution in [3.8, 4) is 0 Å². The van der Waals surface area contributed by atoms with Crippen molar-refractivity contribution in [1.82, 2.24) is 9.88 Å². The van der Waals surface area contributed by atoms with Gasteiger partial charge in [-0.3, -0.25) is 14.6 Å². The maximum Gasteiger partial charge on any atom is 0.254 e. The number of benzene rings is 2. The van der Waals surface area contributed by atoms with Crippen LogP contribution in [-0.4, -0.2) is 40.3 Å². The number of carbonyl (C=O) groups is 2. The van der Waals surface area contributed by atoms with Gasteiger partial charge in [0.05, 0.1) is 22.5 Å². The normalized spacial score (nSPS) is 17.7. The van der Waals surface area contributed by atoms with E-state index in [9.17, 15) is 9.59 Å². The number of aromatic nitrogens is 1. The molecule has 2 aliphatic rings. The first kappa shape index (κ1) is 16.7. The van der Waals surface area contributed by atoms with Crippen molar-refractivity contribution in [3.05, 3.63) is 66.4 Å². The third kappa shape index (κ3) is 2.60. The van der Waals surface area contributed by atoms with Crippen LogP contribution in [-0.2, 0) is 4.79 Å². The molecule has 1 fully saturated rings. The van der Waals surface area contributed by atoms with E-state index in [1.54, 1.807) is 12.3 Å². The number of para-hydroxylation sites is 3. The molecule has 1 saturated heterocycles. The maximum absolute atomic E-state index is 13.1. The highest BCUT2D eigenvalue weighted by Crippen LogP contribution is 2.36. The van der Waals surface area contributed by atoms with Crippen LogP contribution in [0.15, 0.2) is 60.8 Å². The predicted octanol–water partition coefficient (Wildman–Crippen LogP) is 3.27. The molecule has 3 aromatic rings. The fraction of sp³-hybridized carbons (Fsp3) is 0.227. The number of nitrogens with zero attached hydrogens (tertiary/aromatic N) is 2. The van der Waals surface area contributed by atoms with Crippen LogP contribution >= 0.6 is 0 Å². The smallest absolute Gasteiger partial charge is 0.254 e. The fourth-order valence-corrected chi connectivity index (χ4v) is 4.15. The standard InChI is InChI=1S/C22H20N4O2/c27-20(16-9-12-23-17-6-2-1-5-15(16)17)26-13-10-22(11-14-26)21(28)24-18-7-3-4-8-19(18)25-22/h1-9,12,25H,10-11,13-14H2,(H,24,28). The van der Waals surface area contributed by atoms with Crippen LogP contribution in [0.5, 0.6) is 0 Å². The molecule has 5 rings (SSSR count). The second-order valence-corrected chi connectivity index (χ2v) is 7.37. The molecule has 1 spiro atoms. The van der Waals surface area contributed by atoms with Crippen molar-refractivity contribution in [2.75, 3.05) is 23.7 Å². The molecule has 6 heteroatoms. The molecule has 2 aromatic carbocycles. The minimum atomic E-state index is -0.661. The zero-order valence-corrected chi connectivity index (χ0v) is 15.3. The van der Waals surface area contributed by atoms with E-state index in [1.807, 2.05) is 53.4 Å². The molecule has 0 aliphatic carbocycles. The fourth-order valence-electron chi connectivity index (χ4n) is 4.15. The number of hydrogen-bond acceptors (Lipinski definition) is 4. The summed E-state index contributed by atoms with van der Waals surface area (Å²) < 4.78 is 0. The van der Waals surface area contributed by atoms with Gasteiger partial charge in [0, 0.05) is 24.7 Å². The molecule has 2 N–H and O–H groups in total. The van der Waals surface area contributed by atoms with Gasteiger partial charge in [-0.05, 0) is 37.1 Å². The van der Waals surface area contributed by atoms with E-state index in [0.717, 1.165) is 22.3 Å². The molecule has 2 aliphatic heterocycles. The number of piperidine rings is 1. The minimum Gasteiger partial charge on any atom is -0.369 e. The van der Waals surface area contributed by atoms with Gasteiger partial charge in [0.2, 0.25) is 5.91 Å². The van der Waals surface area contributed by atoms with Crippen molar-refractivity contribution in [3.63, 3.8) is 0 Å². The number of anilines is 2. The van der Waals surface area contributed by atoms with Crippen LogP contribution in [0.25, 0.3) is 10.9 Å². The Morgan fingerprint density at radius 1 is 0.964 bits per heavy atom. The summed E-state index contributed by atoms with van der Waals surface area (Å²) in [6, 6.07) is 17.1. The minimum absolute atomic E-state index is 0.00920. The van der Waals surface area contributed by atoms with E-state index in [0.29, 0.717) is 31.5 Å². The molecule has 28 heavy (non-hydrogen) atoms. The molecule has 140 valence electrons. The highest BCUT2D eigenvalue weighted by molar-refractivity contribution is 6.07. The van der Waals surface area contributed by atoms with Gasteiger partial charge < -0.3 is 15.5 Å². The van der Waals surface area contributed by atoms with Crippen molar-refractivity contribution >= 4 is 34.1 Å². The highest BCUT2D eigenvalue weighted by Gasteiger charge is 2.45. The highest BCUT2D eigenvalue weighted by atomic mass is 16.2. The molecule has 3 heterocycles. The van der Waals surface area contributed by atoms with Crippen molar-refractivity contribution in [2.24, 2.45) is 0 Å². The Kier molecular flexibility index (Phi) is 3.79. The Morgan fingerprint density at radius 3 is 2.50 bits per heavy atom. The largest absolute Gasteiger partial charge is 0.369 e. The van der Waals surface area contributed by atoms with Gasteiger partial charge in [-0.1, -0.05) is 30.3 Å². The summed E-state index contributed by atoms with van der Waals surface area (Å²) in [6.45, 7) is 1.05. The third-order valence-electron chi connectivity index (χ3n) is 5.77. The van der Waals surface area contributed by atoms with E-state index >= 15 is 0 Å². The number of fused-ring (bicyclic) bond motifs is 2. The lowest BCUT2D eigenvalue weighted by molar-refractivity contribution is -0.122. The average Bonchev–Trinajstić information content (AvgIpc) is 2.74. The van der Waals surface area contributed by atoms with Crippen LogP contribution < -0.4 is 10.6 Å². The summed E-state index contributed by atoms with van der Waals surface area (Å²) in [5.41, 5.74) is 2.55. The molecule has 6 nitrogen and oxygen atoms in total. The monoisotopic (exact) mass is 372 g/mol. The van der Waals surface area contributed by atoms with Crippen LogP contribution in [0.4, 0.5) is 11.4 Å².